The summed E-state index contributed by atoms with van der Waals surface area (Å²) in [5.41, 5.74) is 0.813. The Morgan fingerprint density at radius 1 is 1.25 bits per heavy atom. The number of hydrogen-bond donors (Lipinski definition) is 2. The lowest BCUT2D eigenvalue weighted by molar-refractivity contribution is 0.235. The number of halogens is 1. The van der Waals surface area contributed by atoms with Crippen LogP contribution in [0.2, 0.25) is 5.28 Å². The first-order valence-electron chi connectivity index (χ1n) is 6.71. The quantitative estimate of drug-likeness (QED) is 0.847. The lowest BCUT2D eigenvalue weighted by atomic mass is 9.85. The minimum absolute atomic E-state index is 0.00125. The van der Waals surface area contributed by atoms with Gasteiger partial charge in [-0.3, -0.25) is 0 Å². The molecule has 0 bridgehead atoms. The molecule has 108 valence electrons. The summed E-state index contributed by atoms with van der Waals surface area (Å²) >= 11 is 5.99. The van der Waals surface area contributed by atoms with Crippen LogP contribution < -0.4 is 5.32 Å². The third-order valence-corrected chi connectivity index (χ3v) is 3.52. The van der Waals surface area contributed by atoms with Gasteiger partial charge in [0.25, 0.3) is 0 Å². The van der Waals surface area contributed by atoms with Crippen LogP contribution in [0.15, 0.2) is 24.3 Å². The Morgan fingerprint density at radius 2 is 1.95 bits per heavy atom. The first-order chi connectivity index (χ1) is 9.41. The normalized spacial score (nSPS) is 13.4. The van der Waals surface area contributed by atoms with Crippen molar-refractivity contribution in [2.75, 3.05) is 11.9 Å². The largest absolute Gasteiger partial charge is 0.396 e. The molecule has 1 aromatic carbocycles. The maximum absolute atomic E-state index is 9.25. The summed E-state index contributed by atoms with van der Waals surface area (Å²) in [7, 11) is 0. The molecule has 4 nitrogen and oxygen atoms in total. The Kier molecular flexibility index (Phi) is 4.45. The van der Waals surface area contributed by atoms with Gasteiger partial charge < -0.3 is 10.4 Å². The van der Waals surface area contributed by atoms with Crippen molar-refractivity contribution >= 4 is 28.3 Å². The van der Waals surface area contributed by atoms with Crippen LogP contribution in [0.5, 0.6) is 0 Å². The monoisotopic (exact) mass is 293 g/mol. The fraction of sp³-hybridized carbons (Fsp3) is 0.467. The average Bonchev–Trinajstić information content (AvgIpc) is 2.37. The van der Waals surface area contributed by atoms with Gasteiger partial charge in [-0.2, -0.15) is 0 Å². The number of hydrogen-bond acceptors (Lipinski definition) is 4. The zero-order chi connectivity index (χ0) is 14.8. The van der Waals surface area contributed by atoms with Crippen molar-refractivity contribution in [3.8, 4) is 0 Å². The Morgan fingerprint density at radius 3 is 2.60 bits per heavy atom. The highest BCUT2D eigenvalue weighted by molar-refractivity contribution is 6.28. The number of aliphatic hydroxyl groups is 1. The predicted molar refractivity (Wildman–Crippen MR) is 83.1 cm³/mol. The third kappa shape index (κ3) is 3.38. The Hall–Kier alpha value is -1.39. The highest BCUT2D eigenvalue weighted by atomic mass is 35.5. The van der Waals surface area contributed by atoms with Gasteiger partial charge >= 0.3 is 0 Å². The van der Waals surface area contributed by atoms with Gasteiger partial charge in [0.05, 0.1) is 5.52 Å². The van der Waals surface area contributed by atoms with E-state index in [-0.39, 0.29) is 23.3 Å². The summed E-state index contributed by atoms with van der Waals surface area (Å²) in [6.45, 7) is 6.52. The molecular formula is C15H20ClN3O. The molecule has 0 fully saturated rings. The molecule has 1 unspecified atom stereocenters. The van der Waals surface area contributed by atoms with Crippen molar-refractivity contribution in [3.05, 3.63) is 29.5 Å². The second-order valence-corrected chi connectivity index (χ2v) is 6.27. The number of aliphatic hydroxyl groups excluding tert-OH is 1. The Bertz CT molecular complexity index is 595. The molecule has 2 aromatic rings. The Labute approximate surface area is 124 Å². The van der Waals surface area contributed by atoms with Crippen LogP contribution in [0.1, 0.15) is 27.2 Å². The highest BCUT2D eigenvalue weighted by Crippen LogP contribution is 2.28. The molecule has 0 aliphatic rings. The first kappa shape index (κ1) is 15.0. The van der Waals surface area contributed by atoms with E-state index in [4.69, 9.17) is 11.6 Å². The fourth-order valence-corrected chi connectivity index (χ4v) is 2.35. The number of fused-ring (bicyclic) bond motifs is 1. The molecule has 1 aromatic heterocycles. The number of nitrogens with one attached hydrogen (secondary N) is 1. The molecule has 2 rings (SSSR count). The van der Waals surface area contributed by atoms with E-state index in [1.54, 1.807) is 0 Å². The number of benzene rings is 1. The minimum Gasteiger partial charge on any atom is -0.396 e. The van der Waals surface area contributed by atoms with Gasteiger partial charge in [-0.25, -0.2) is 9.97 Å². The van der Waals surface area contributed by atoms with Gasteiger partial charge in [-0.1, -0.05) is 32.9 Å². The predicted octanol–water partition coefficient (Wildman–Crippen LogP) is 3.49. The van der Waals surface area contributed by atoms with E-state index >= 15 is 0 Å². The average molecular weight is 294 g/mol. The summed E-state index contributed by atoms with van der Waals surface area (Å²) in [6.07, 6.45) is 0.652. The Balaban J connectivity index is 2.41. The molecule has 1 atom stereocenters. The number of rotatable bonds is 4. The van der Waals surface area contributed by atoms with E-state index in [1.807, 2.05) is 24.3 Å². The molecule has 0 saturated carbocycles. The van der Waals surface area contributed by atoms with Crippen molar-refractivity contribution in [3.63, 3.8) is 0 Å². The summed E-state index contributed by atoms with van der Waals surface area (Å²) in [5.74, 6) is 0.717. The molecule has 0 amide bonds. The summed E-state index contributed by atoms with van der Waals surface area (Å²) < 4.78 is 0. The smallest absolute Gasteiger partial charge is 0.224 e. The summed E-state index contributed by atoms with van der Waals surface area (Å²) in [5, 5.41) is 13.8. The molecular weight excluding hydrogens is 274 g/mol. The molecule has 0 aliphatic carbocycles. The number of aromatic nitrogens is 2. The maximum Gasteiger partial charge on any atom is 0.224 e. The van der Waals surface area contributed by atoms with Gasteiger partial charge in [0, 0.05) is 18.0 Å². The summed E-state index contributed by atoms with van der Waals surface area (Å²) in [4.78, 5) is 8.52. The zero-order valence-corrected chi connectivity index (χ0v) is 12.8. The SMILES string of the molecule is CC(C)(C)C(CCO)Nc1nc(Cl)nc2ccccc12. The van der Waals surface area contributed by atoms with Crippen molar-refractivity contribution in [2.24, 2.45) is 5.41 Å². The van der Waals surface area contributed by atoms with Crippen LogP contribution in [0.4, 0.5) is 5.82 Å². The van der Waals surface area contributed by atoms with Gasteiger partial charge in [-0.15, -0.1) is 0 Å². The molecule has 5 heteroatoms. The van der Waals surface area contributed by atoms with Crippen molar-refractivity contribution in [1.82, 2.24) is 9.97 Å². The zero-order valence-electron chi connectivity index (χ0n) is 12.0. The number of anilines is 1. The van der Waals surface area contributed by atoms with E-state index in [2.05, 4.69) is 36.1 Å². The van der Waals surface area contributed by atoms with E-state index in [0.29, 0.717) is 12.2 Å². The topological polar surface area (TPSA) is 58.0 Å². The minimum atomic E-state index is 0.00125. The van der Waals surface area contributed by atoms with Crippen LogP contribution in [0.3, 0.4) is 0 Å². The van der Waals surface area contributed by atoms with Crippen LogP contribution in [-0.2, 0) is 0 Å². The van der Waals surface area contributed by atoms with E-state index in [0.717, 1.165) is 10.9 Å². The molecule has 20 heavy (non-hydrogen) atoms. The van der Waals surface area contributed by atoms with Crippen LogP contribution in [0, 0.1) is 5.41 Å². The highest BCUT2D eigenvalue weighted by Gasteiger charge is 2.25. The van der Waals surface area contributed by atoms with Crippen molar-refractivity contribution < 1.29 is 5.11 Å². The van der Waals surface area contributed by atoms with E-state index < -0.39 is 0 Å². The summed E-state index contributed by atoms with van der Waals surface area (Å²) in [6, 6.07) is 7.84. The van der Waals surface area contributed by atoms with Gasteiger partial charge in [0.2, 0.25) is 5.28 Å². The molecule has 1 heterocycles. The van der Waals surface area contributed by atoms with Gasteiger partial charge in [0.1, 0.15) is 5.82 Å². The molecule has 0 aliphatic heterocycles. The third-order valence-electron chi connectivity index (χ3n) is 3.35. The maximum atomic E-state index is 9.25. The number of nitrogens with zero attached hydrogens (tertiary/aromatic N) is 2. The molecule has 0 saturated heterocycles. The number of para-hydroxylation sites is 1. The van der Waals surface area contributed by atoms with Gasteiger partial charge in [0.15, 0.2) is 0 Å². The van der Waals surface area contributed by atoms with Crippen LogP contribution in [-0.4, -0.2) is 27.7 Å². The van der Waals surface area contributed by atoms with Gasteiger partial charge in [-0.05, 0) is 35.6 Å². The van der Waals surface area contributed by atoms with Crippen molar-refractivity contribution in [2.45, 2.75) is 33.2 Å². The molecule has 0 radical (unpaired) electrons. The lowest BCUT2D eigenvalue weighted by Gasteiger charge is -2.31. The second kappa shape index (κ2) is 5.94. The fourth-order valence-electron chi connectivity index (χ4n) is 2.17. The van der Waals surface area contributed by atoms with E-state index in [1.165, 1.54) is 0 Å². The van der Waals surface area contributed by atoms with E-state index in [9.17, 15) is 5.11 Å². The standard InChI is InChI=1S/C15H20ClN3O/c1-15(2,3)12(8-9-20)18-13-10-6-4-5-7-11(10)17-14(16)19-13/h4-7,12,20H,8-9H2,1-3H3,(H,17,18,19). The lowest BCUT2D eigenvalue weighted by Crippen LogP contribution is -2.35. The van der Waals surface area contributed by atoms with Crippen LogP contribution >= 0.6 is 11.6 Å². The van der Waals surface area contributed by atoms with Crippen molar-refractivity contribution in [1.29, 1.82) is 0 Å². The second-order valence-electron chi connectivity index (χ2n) is 5.93. The molecule has 0 spiro atoms. The molecule has 2 N–H and O–H groups in total. The first-order valence-corrected chi connectivity index (χ1v) is 7.09. The van der Waals surface area contributed by atoms with Crippen LogP contribution in [0.25, 0.3) is 10.9 Å².